The summed E-state index contributed by atoms with van der Waals surface area (Å²) in [6.45, 7) is 6.82. The fourth-order valence-corrected chi connectivity index (χ4v) is 3.35. The van der Waals surface area contributed by atoms with E-state index in [4.69, 9.17) is 16.3 Å². The highest BCUT2D eigenvalue weighted by Gasteiger charge is 2.24. The largest absolute Gasteiger partial charge is 0.444 e. The average Bonchev–Trinajstić information content (AvgIpc) is 2.66. The zero-order valence-electron chi connectivity index (χ0n) is 18.0. The van der Waals surface area contributed by atoms with Gasteiger partial charge in [-0.25, -0.2) is 4.79 Å². The molecule has 0 aliphatic carbocycles. The monoisotopic (exact) mass is 437 g/mol. The highest BCUT2D eigenvalue weighted by Crippen LogP contribution is 2.13. The van der Waals surface area contributed by atoms with E-state index in [1.54, 1.807) is 25.7 Å². The molecule has 2 rings (SSSR count). The van der Waals surface area contributed by atoms with E-state index in [1.807, 2.05) is 24.3 Å². The Morgan fingerprint density at radius 1 is 1.10 bits per heavy atom. The smallest absolute Gasteiger partial charge is 0.407 e. The zero-order valence-corrected chi connectivity index (χ0v) is 18.8. The van der Waals surface area contributed by atoms with Gasteiger partial charge in [-0.2, -0.15) is 0 Å². The van der Waals surface area contributed by atoms with Crippen molar-refractivity contribution in [3.63, 3.8) is 0 Å². The third-order valence-corrected chi connectivity index (χ3v) is 5.03. The van der Waals surface area contributed by atoms with Crippen LogP contribution in [0.15, 0.2) is 24.3 Å². The number of hydrogen-bond donors (Lipinski definition) is 2. The first-order chi connectivity index (χ1) is 14.1. The molecular formula is C22H32ClN3O4. The third kappa shape index (κ3) is 9.03. The van der Waals surface area contributed by atoms with Gasteiger partial charge < -0.3 is 20.3 Å². The topological polar surface area (TPSA) is 87.7 Å². The number of benzene rings is 1. The quantitative estimate of drug-likeness (QED) is 0.685. The number of alkyl carbamates (subject to hydrolysis) is 1. The van der Waals surface area contributed by atoms with Crippen LogP contribution < -0.4 is 10.6 Å². The highest BCUT2D eigenvalue weighted by molar-refractivity contribution is 6.30. The lowest BCUT2D eigenvalue weighted by atomic mass is 10.0. The standard InChI is InChI=1S/C22H32ClN3O4/c1-22(2,3)30-21(29)24-13-10-20(28)26-14-11-18(12-15-26)25-19(27)9-6-16-4-7-17(23)8-5-16/h4-5,7-8,18H,6,9-15H2,1-3H3,(H,24,29)(H,25,27). The second kappa shape index (κ2) is 11.2. The molecule has 1 aromatic rings. The number of amides is 3. The van der Waals surface area contributed by atoms with Gasteiger partial charge in [0.25, 0.3) is 0 Å². The van der Waals surface area contributed by atoms with Gasteiger partial charge in [-0.15, -0.1) is 0 Å². The summed E-state index contributed by atoms with van der Waals surface area (Å²) in [6, 6.07) is 7.59. The van der Waals surface area contributed by atoms with Crippen molar-refractivity contribution in [3.05, 3.63) is 34.9 Å². The summed E-state index contributed by atoms with van der Waals surface area (Å²) in [5.41, 5.74) is 0.518. The Labute approximate surface area is 183 Å². The molecule has 0 spiro atoms. The summed E-state index contributed by atoms with van der Waals surface area (Å²) in [5.74, 6) is 0.0230. The normalized spacial score (nSPS) is 14.9. The van der Waals surface area contributed by atoms with Gasteiger partial charge in [-0.05, 0) is 57.7 Å². The number of ether oxygens (including phenoxy) is 1. The molecule has 166 valence electrons. The minimum Gasteiger partial charge on any atom is -0.444 e. The molecule has 0 atom stereocenters. The molecule has 8 heteroatoms. The van der Waals surface area contributed by atoms with E-state index in [9.17, 15) is 14.4 Å². The van der Waals surface area contributed by atoms with Gasteiger partial charge in [0.1, 0.15) is 5.60 Å². The molecule has 1 aromatic carbocycles. The Balaban J connectivity index is 1.61. The van der Waals surface area contributed by atoms with Crippen LogP contribution in [0, 0.1) is 0 Å². The van der Waals surface area contributed by atoms with Crippen LogP contribution in [0.4, 0.5) is 4.79 Å². The number of piperidine rings is 1. The number of likely N-dealkylation sites (tertiary alicyclic amines) is 1. The van der Waals surface area contributed by atoms with Crippen molar-refractivity contribution < 1.29 is 19.1 Å². The fraction of sp³-hybridized carbons (Fsp3) is 0.591. The number of aryl methyl sites for hydroxylation is 1. The maximum Gasteiger partial charge on any atom is 0.407 e. The van der Waals surface area contributed by atoms with Crippen LogP contribution in [0.3, 0.4) is 0 Å². The minimum atomic E-state index is -0.560. The van der Waals surface area contributed by atoms with Gasteiger partial charge in [0, 0.05) is 43.5 Å². The molecule has 0 bridgehead atoms. The summed E-state index contributed by atoms with van der Waals surface area (Å²) in [7, 11) is 0. The molecule has 1 saturated heterocycles. The summed E-state index contributed by atoms with van der Waals surface area (Å²) < 4.78 is 5.15. The van der Waals surface area contributed by atoms with Crippen molar-refractivity contribution in [2.24, 2.45) is 0 Å². The number of halogens is 1. The first-order valence-corrected chi connectivity index (χ1v) is 10.8. The van der Waals surface area contributed by atoms with Crippen molar-refractivity contribution in [2.75, 3.05) is 19.6 Å². The first-order valence-electron chi connectivity index (χ1n) is 10.4. The molecular weight excluding hydrogens is 406 g/mol. The number of rotatable bonds is 7. The van der Waals surface area contributed by atoms with E-state index in [1.165, 1.54) is 0 Å². The van der Waals surface area contributed by atoms with Gasteiger partial charge in [-0.1, -0.05) is 23.7 Å². The van der Waals surface area contributed by atoms with Crippen molar-refractivity contribution in [2.45, 2.75) is 64.5 Å². The van der Waals surface area contributed by atoms with E-state index < -0.39 is 11.7 Å². The van der Waals surface area contributed by atoms with Crippen molar-refractivity contribution in [1.82, 2.24) is 15.5 Å². The lowest BCUT2D eigenvalue weighted by Gasteiger charge is -2.32. The predicted molar refractivity (Wildman–Crippen MR) is 116 cm³/mol. The highest BCUT2D eigenvalue weighted by atomic mass is 35.5. The van der Waals surface area contributed by atoms with Gasteiger partial charge in [0.15, 0.2) is 0 Å². The Hall–Kier alpha value is -2.28. The second-order valence-electron chi connectivity index (χ2n) is 8.53. The summed E-state index contributed by atoms with van der Waals surface area (Å²) >= 11 is 5.87. The number of carbonyl (C=O) groups excluding carboxylic acids is 3. The lowest BCUT2D eigenvalue weighted by molar-refractivity contribution is -0.132. The van der Waals surface area contributed by atoms with Gasteiger partial charge in [0.05, 0.1) is 0 Å². The molecule has 1 heterocycles. The van der Waals surface area contributed by atoms with Crippen LogP contribution in [0.5, 0.6) is 0 Å². The maximum absolute atomic E-state index is 12.3. The first kappa shape index (κ1) is 24.0. The number of hydrogen-bond acceptors (Lipinski definition) is 4. The summed E-state index contributed by atoms with van der Waals surface area (Å²) in [5, 5.41) is 6.35. The van der Waals surface area contributed by atoms with Crippen LogP contribution in [0.1, 0.15) is 52.0 Å². The molecule has 3 amide bonds. The Morgan fingerprint density at radius 3 is 2.33 bits per heavy atom. The Bertz CT molecular complexity index is 723. The molecule has 1 aliphatic heterocycles. The molecule has 2 N–H and O–H groups in total. The number of nitrogens with zero attached hydrogens (tertiary/aromatic N) is 1. The maximum atomic E-state index is 12.3. The summed E-state index contributed by atoms with van der Waals surface area (Å²) in [4.78, 5) is 37.9. The van der Waals surface area contributed by atoms with E-state index in [-0.39, 0.29) is 30.8 Å². The third-order valence-electron chi connectivity index (χ3n) is 4.77. The number of nitrogens with one attached hydrogen (secondary N) is 2. The summed E-state index contributed by atoms with van der Waals surface area (Å²) in [6.07, 6.45) is 2.28. The average molecular weight is 438 g/mol. The zero-order chi connectivity index (χ0) is 22.1. The molecule has 0 saturated carbocycles. The lowest BCUT2D eigenvalue weighted by Crippen LogP contribution is -2.47. The Kier molecular flexibility index (Phi) is 8.96. The van der Waals surface area contributed by atoms with Crippen molar-refractivity contribution in [1.29, 1.82) is 0 Å². The molecule has 0 unspecified atom stereocenters. The molecule has 0 radical (unpaired) electrons. The van der Waals surface area contributed by atoms with Crippen LogP contribution in [-0.4, -0.2) is 54.1 Å². The SMILES string of the molecule is CC(C)(C)OC(=O)NCCC(=O)N1CCC(NC(=O)CCc2ccc(Cl)cc2)CC1. The van der Waals surface area contributed by atoms with E-state index in [2.05, 4.69) is 10.6 Å². The van der Waals surface area contributed by atoms with Gasteiger partial charge >= 0.3 is 6.09 Å². The number of carbonyl (C=O) groups is 3. The molecule has 30 heavy (non-hydrogen) atoms. The van der Waals surface area contributed by atoms with Crippen LogP contribution in [0.25, 0.3) is 0 Å². The predicted octanol–water partition coefficient (Wildman–Crippen LogP) is 3.29. The molecule has 1 aliphatic rings. The van der Waals surface area contributed by atoms with Gasteiger partial charge in [-0.3, -0.25) is 9.59 Å². The van der Waals surface area contributed by atoms with Crippen molar-refractivity contribution >= 4 is 29.5 Å². The van der Waals surface area contributed by atoms with E-state index in [0.717, 1.165) is 18.4 Å². The molecule has 1 fully saturated rings. The molecule has 7 nitrogen and oxygen atoms in total. The Morgan fingerprint density at radius 2 is 1.73 bits per heavy atom. The minimum absolute atomic E-state index is 0.00132. The van der Waals surface area contributed by atoms with E-state index in [0.29, 0.717) is 31.0 Å². The van der Waals surface area contributed by atoms with Crippen LogP contribution >= 0.6 is 11.6 Å². The second-order valence-corrected chi connectivity index (χ2v) is 8.96. The van der Waals surface area contributed by atoms with Crippen molar-refractivity contribution in [3.8, 4) is 0 Å². The van der Waals surface area contributed by atoms with Crippen LogP contribution in [0.2, 0.25) is 5.02 Å². The molecule has 0 aromatic heterocycles. The van der Waals surface area contributed by atoms with E-state index >= 15 is 0 Å². The van der Waals surface area contributed by atoms with Gasteiger partial charge in [0.2, 0.25) is 11.8 Å². The fourth-order valence-electron chi connectivity index (χ4n) is 3.23. The van der Waals surface area contributed by atoms with Crippen LogP contribution in [-0.2, 0) is 20.7 Å².